The Balaban J connectivity index is 1.51. The number of amides is 1. The lowest BCUT2D eigenvalue weighted by atomic mass is 10.1. The summed E-state index contributed by atoms with van der Waals surface area (Å²) < 4.78 is 32.8. The van der Waals surface area contributed by atoms with E-state index >= 15 is 0 Å². The Hall–Kier alpha value is -2.07. The molecule has 1 saturated heterocycles. The SMILES string of the molecule is O=C(CCc1ccc(S(=O)(=O)N2CCOCC2)cc1)NN=Cc1ccccc1Br. The number of hydrazone groups is 1. The van der Waals surface area contributed by atoms with Crippen LogP contribution < -0.4 is 5.43 Å². The van der Waals surface area contributed by atoms with E-state index in [2.05, 4.69) is 26.5 Å². The second-order valence-corrected chi connectivity index (χ2v) is 9.27. The fraction of sp³-hybridized carbons (Fsp3) is 0.300. The Kier molecular flexibility index (Phi) is 7.54. The van der Waals surface area contributed by atoms with Gasteiger partial charge < -0.3 is 4.74 Å². The number of ether oxygens (including phenoxy) is 1. The number of nitrogens with zero attached hydrogens (tertiary/aromatic N) is 2. The van der Waals surface area contributed by atoms with Gasteiger partial charge >= 0.3 is 0 Å². The van der Waals surface area contributed by atoms with Crippen molar-refractivity contribution in [2.45, 2.75) is 17.7 Å². The van der Waals surface area contributed by atoms with Gasteiger partial charge in [-0.2, -0.15) is 9.41 Å². The number of halogens is 1. The van der Waals surface area contributed by atoms with E-state index in [0.717, 1.165) is 15.6 Å². The van der Waals surface area contributed by atoms with Gasteiger partial charge in [-0.15, -0.1) is 0 Å². The monoisotopic (exact) mass is 479 g/mol. The van der Waals surface area contributed by atoms with Crippen LogP contribution in [0.1, 0.15) is 17.5 Å². The fourth-order valence-electron chi connectivity index (χ4n) is 2.83. The number of carbonyl (C=O) groups is 1. The van der Waals surface area contributed by atoms with Gasteiger partial charge in [-0.25, -0.2) is 13.8 Å². The normalized spacial score (nSPS) is 15.5. The highest BCUT2D eigenvalue weighted by atomic mass is 79.9. The van der Waals surface area contributed by atoms with E-state index in [1.807, 2.05) is 24.3 Å². The molecule has 29 heavy (non-hydrogen) atoms. The second kappa shape index (κ2) is 10.1. The highest BCUT2D eigenvalue weighted by molar-refractivity contribution is 9.10. The van der Waals surface area contributed by atoms with Crippen LogP contribution >= 0.6 is 15.9 Å². The van der Waals surface area contributed by atoms with E-state index < -0.39 is 10.0 Å². The number of benzene rings is 2. The molecule has 2 aromatic rings. The van der Waals surface area contributed by atoms with E-state index in [-0.39, 0.29) is 17.2 Å². The highest BCUT2D eigenvalue weighted by Crippen LogP contribution is 2.18. The third kappa shape index (κ3) is 5.96. The number of sulfonamides is 1. The maximum atomic E-state index is 12.6. The van der Waals surface area contributed by atoms with Gasteiger partial charge in [0.1, 0.15) is 0 Å². The summed E-state index contributed by atoms with van der Waals surface area (Å²) in [6.07, 6.45) is 2.32. The number of nitrogens with one attached hydrogen (secondary N) is 1. The van der Waals surface area contributed by atoms with Crippen LogP contribution in [0.25, 0.3) is 0 Å². The Morgan fingerprint density at radius 3 is 2.52 bits per heavy atom. The standard InChI is InChI=1S/C20H22BrN3O4S/c21-19-4-2-1-3-17(19)15-22-23-20(25)10-7-16-5-8-18(9-6-16)29(26,27)24-11-13-28-14-12-24/h1-6,8-9,15H,7,10-14H2,(H,23,25). The molecule has 9 heteroatoms. The van der Waals surface area contributed by atoms with Gasteiger partial charge in [-0.1, -0.05) is 46.3 Å². The smallest absolute Gasteiger partial charge is 0.243 e. The Morgan fingerprint density at radius 1 is 1.14 bits per heavy atom. The maximum absolute atomic E-state index is 12.6. The van der Waals surface area contributed by atoms with Crippen LogP contribution in [-0.4, -0.2) is 51.1 Å². The van der Waals surface area contributed by atoms with Gasteiger partial charge in [0.05, 0.1) is 24.3 Å². The number of carbonyl (C=O) groups excluding carboxylic acids is 1. The summed E-state index contributed by atoms with van der Waals surface area (Å²) in [6.45, 7) is 1.56. The van der Waals surface area contributed by atoms with E-state index in [9.17, 15) is 13.2 Å². The molecule has 0 aromatic heterocycles. The van der Waals surface area contributed by atoms with Crippen molar-refractivity contribution in [1.82, 2.24) is 9.73 Å². The third-order valence-corrected chi connectivity index (χ3v) is 7.11. The minimum Gasteiger partial charge on any atom is -0.379 e. The second-order valence-electron chi connectivity index (χ2n) is 6.48. The topological polar surface area (TPSA) is 88.1 Å². The summed E-state index contributed by atoms with van der Waals surface area (Å²) in [5, 5.41) is 3.96. The van der Waals surface area contributed by atoms with E-state index in [4.69, 9.17) is 4.74 Å². The predicted molar refractivity (Wildman–Crippen MR) is 114 cm³/mol. The van der Waals surface area contributed by atoms with Gasteiger partial charge in [0.15, 0.2) is 0 Å². The van der Waals surface area contributed by atoms with Gasteiger partial charge in [0.2, 0.25) is 15.9 Å². The molecule has 0 atom stereocenters. The summed E-state index contributed by atoms with van der Waals surface area (Å²) in [7, 11) is -3.50. The zero-order valence-electron chi connectivity index (χ0n) is 15.8. The van der Waals surface area contributed by atoms with E-state index in [1.54, 1.807) is 30.5 Å². The molecule has 154 valence electrons. The van der Waals surface area contributed by atoms with Crippen molar-refractivity contribution in [3.05, 3.63) is 64.1 Å². The summed E-state index contributed by atoms with van der Waals surface area (Å²) in [5.41, 5.74) is 4.25. The van der Waals surface area contributed by atoms with Gasteiger partial charge in [0.25, 0.3) is 0 Å². The first-order valence-corrected chi connectivity index (χ1v) is 11.4. The average molecular weight is 480 g/mol. The molecule has 0 unspecified atom stereocenters. The molecule has 1 fully saturated rings. The zero-order valence-corrected chi connectivity index (χ0v) is 18.2. The summed E-state index contributed by atoms with van der Waals surface area (Å²) in [6, 6.07) is 14.2. The van der Waals surface area contributed by atoms with Crippen LogP contribution in [0.2, 0.25) is 0 Å². The molecule has 1 heterocycles. The van der Waals surface area contributed by atoms with Gasteiger partial charge in [0, 0.05) is 29.5 Å². The van der Waals surface area contributed by atoms with Crippen molar-refractivity contribution in [3.63, 3.8) is 0 Å². The zero-order chi connectivity index (χ0) is 20.7. The largest absolute Gasteiger partial charge is 0.379 e. The van der Waals surface area contributed by atoms with Crippen LogP contribution in [0.5, 0.6) is 0 Å². The molecule has 0 spiro atoms. The summed E-state index contributed by atoms with van der Waals surface area (Å²) in [4.78, 5) is 12.2. The lowest BCUT2D eigenvalue weighted by molar-refractivity contribution is -0.121. The molecule has 0 bridgehead atoms. The van der Waals surface area contributed by atoms with Crippen molar-refractivity contribution in [3.8, 4) is 0 Å². The molecule has 2 aromatic carbocycles. The molecule has 0 saturated carbocycles. The van der Waals surface area contributed by atoms with Crippen LogP contribution in [0.3, 0.4) is 0 Å². The minimum atomic E-state index is -3.50. The maximum Gasteiger partial charge on any atom is 0.243 e. The van der Waals surface area contributed by atoms with Crippen LogP contribution in [0.4, 0.5) is 0 Å². The minimum absolute atomic E-state index is 0.210. The average Bonchev–Trinajstić information content (AvgIpc) is 2.74. The number of hydrogen-bond acceptors (Lipinski definition) is 5. The molecule has 0 radical (unpaired) electrons. The molecule has 1 amide bonds. The summed E-state index contributed by atoms with van der Waals surface area (Å²) in [5.74, 6) is -0.210. The van der Waals surface area contributed by atoms with Crippen molar-refractivity contribution < 1.29 is 17.9 Å². The number of aryl methyl sites for hydroxylation is 1. The molecule has 1 aliphatic heterocycles. The molecule has 7 nitrogen and oxygen atoms in total. The number of morpholine rings is 1. The van der Waals surface area contributed by atoms with Crippen LogP contribution in [-0.2, 0) is 26.0 Å². The van der Waals surface area contributed by atoms with Crippen molar-refractivity contribution in [1.29, 1.82) is 0 Å². The lowest BCUT2D eigenvalue weighted by Gasteiger charge is -2.26. The van der Waals surface area contributed by atoms with Gasteiger partial charge in [-0.05, 0) is 30.2 Å². The van der Waals surface area contributed by atoms with Crippen LogP contribution in [0.15, 0.2) is 63.0 Å². The van der Waals surface area contributed by atoms with E-state index in [1.165, 1.54) is 4.31 Å². The summed E-state index contributed by atoms with van der Waals surface area (Å²) >= 11 is 3.41. The molecular formula is C20H22BrN3O4S. The predicted octanol–water partition coefficient (Wildman–Crippen LogP) is 2.55. The molecular weight excluding hydrogens is 458 g/mol. The fourth-order valence-corrected chi connectivity index (χ4v) is 4.63. The Bertz CT molecular complexity index is 971. The lowest BCUT2D eigenvalue weighted by Crippen LogP contribution is -2.40. The van der Waals surface area contributed by atoms with Crippen molar-refractivity contribution in [2.24, 2.45) is 5.10 Å². The van der Waals surface area contributed by atoms with Gasteiger partial charge in [-0.3, -0.25) is 4.79 Å². The first-order valence-electron chi connectivity index (χ1n) is 9.20. The van der Waals surface area contributed by atoms with Crippen molar-refractivity contribution in [2.75, 3.05) is 26.3 Å². The third-order valence-electron chi connectivity index (χ3n) is 4.47. The molecule has 0 aliphatic carbocycles. The Morgan fingerprint density at radius 2 is 1.83 bits per heavy atom. The molecule has 1 N–H and O–H groups in total. The van der Waals surface area contributed by atoms with Crippen LogP contribution in [0, 0.1) is 0 Å². The van der Waals surface area contributed by atoms with E-state index in [0.29, 0.717) is 32.7 Å². The number of rotatable bonds is 7. The molecule has 1 aliphatic rings. The first kappa shape index (κ1) is 21.6. The van der Waals surface area contributed by atoms with Crippen molar-refractivity contribution >= 4 is 38.1 Å². The number of hydrogen-bond donors (Lipinski definition) is 1. The molecule has 3 rings (SSSR count). The Labute approximate surface area is 178 Å². The first-order chi connectivity index (χ1) is 14.0. The highest BCUT2D eigenvalue weighted by Gasteiger charge is 2.26. The quantitative estimate of drug-likeness (QED) is 0.488.